The Morgan fingerprint density at radius 2 is 1.50 bits per heavy atom. The van der Waals surface area contributed by atoms with E-state index in [2.05, 4.69) is 74.0 Å². The van der Waals surface area contributed by atoms with E-state index in [4.69, 9.17) is 0 Å². The molecule has 90 valence electrons. The summed E-state index contributed by atoms with van der Waals surface area (Å²) >= 11 is 0. The van der Waals surface area contributed by atoms with Crippen molar-refractivity contribution in [3.8, 4) is 11.3 Å². The van der Waals surface area contributed by atoms with E-state index >= 15 is 0 Å². The van der Waals surface area contributed by atoms with Crippen LogP contribution in [0.2, 0.25) is 0 Å². The summed E-state index contributed by atoms with van der Waals surface area (Å²) in [6.07, 6.45) is 0. The lowest BCUT2D eigenvalue weighted by Gasteiger charge is -2.06. The van der Waals surface area contributed by atoms with Crippen molar-refractivity contribution in [2.75, 3.05) is 0 Å². The lowest BCUT2D eigenvalue weighted by Crippen LogP contribution is -1.92. The largest absolute Gasteiger partial charge is 0.343 e. The second-order valence-corrected chi connectivity index (χ2v) is 4.92. The first-order chi connectivity index (χ1) is 8.68. The maximum absolute atomic E-state index is 2.29. The lowest BCUT2D eigenvalue weighted by atomic mass is 10.1. The fourth-order valence-corrected chi connectivity index (χ4v) is 2.70. The Morgan fingerprint density at radius 1 is 0.833 bits per heavy atom. The van der Waals surface area contributed by atoms with Crippen molar-refractivity contribution < 1.29 is 0 Å². The van der Waals surface area contributed by atoms with Gasteiger partial charge in [-0.05, 0) is 31.0 Å². The van der Waals surface area contributed by atoms with E-state index in [1.807, 2.05) is 0 Å². The lowest BCUT2D eigenvalue weighted by molar-refractivity contribution is 0.973. The van der Waals surface area contributed by atoms with Crippen LogP contribution in [-0.2, 0) is 7.05 Å². The first-order valence-corrected chi connectivity index (χ1v) is 6.29. The summed E-state index contributed by atoms with van der Waals surface area (Å²) in [6, 6.07) is 17.3. The molecule has 0 fully saturated rings. The van der Waals surface area contributed by atoms with Gasteiger partial charge in [-0.25, -0.2) is 0 Å². The number of fused-ring (bicyclic) bond motifs is 1. The maximum Gasteiger partial charge on any atom is 0.0518 e. The summed E-state index contributed by atoms with van der Waals surface area (Å²) in [5.74, 6) is 0. The summed E-state index contributed by atoms with van der Waals surface area (Å²) in [5.41, 5.74) is 6.56. The SMILES string of the molecule is Cc1ccc(-c2c(C)c3ccccc3n2C)cc1. The number of para-hydroxylation sites is 1. The molecule has 0 N–H and O–H groups in total. The van der Waals surface area contributed by atoms with Crippen molar-refractivity contribution in [1.82, 2.24) is 4.57 Å². The Morgan fingerprint density at radius 3 is 2.17 bits per heavy atom. The molecule has 2 aromatic carbocycles. The van der Waals surface area contributed by atoms with Gasteiger partial charge >= 0.3 is 0 Å². The zero-order valence-electron chi connectivity index (χ0n) is 11.1. The van der Waals surface area contributed by atoms with Gasteiger partial charge in [0.1, 0.15) is 0 Å². The molecule has 1 heterocycles. The average Bonchev–Trinajstić information content (AvgIpc) is 2.64. The van der Waals surface area contributed by atoms with E-state index < -0.39 is 0 Å². The van der Waals surface area contributed by atoms with Gasteiger partial charge in [-0.1, -0.05) is 48.0 Å². The second kappa shape index (κ2) is 4.02. The predicted octanol–water partition coefficient (Wildman–Crippen LogP) is 4.46. The molecule has 3 rings (SSSR count). The summed E-state index contributed by atoms with van der Waals surface area (Å²) < 4.78 is 2.29. The monoisotopic (exact) mass is 235 g/mol. The molecule has 0 saturated heterocycles. The van der Waals surface area contributed by atoms with Crippen LogP contribution in [0, 0.1) is 13.8 Å². The molecule has 0 unspecified atom stereocenters. The molecule has 0 spiro atoms. The van der Waals surface area contributed by atoms with Gasteiger partial charge in [0.25, 0.3) is 0 Å². The quantitative estimate of drug-likeness (QED) is 0.586. The zero-order chi connectivity index (χ0) is 12.7. The molecular weight excluding hydrogens is 218 g/mol. The molecule has 0 aliphatic heterocycles. The number of aryl methyl sites for hydroxylation is 3. The van der Waals surface area contributed by atoms with E-state index in [9.17, 15) is 0 Å². The standard InChI is InChI=1S/C17H17N/c1-12-8-10-14(11-9-12)17-13(2)15-6-4-5-7-16(15)18(17)3/h4-11H,1-3H3. The van der Waals surface area contributed by atoms with Gasteiger partial charge in [0, 0.05) is 18.0 Å². The van der Waals surface area contributed by atoms with Crippen molar-refractivity contribution >= 4 is 10.9 Å². The highest BCUT2D eigenvalue weighted by Crippen LogP contribution is 2.32. The summed E-state index contributed by atoms with van der Waals surface area (Å²) in [6.45, 7) is 4.33. The summed E-state index contributed by atoms with van der Waals surface area (Å²) in [7, 11) is 2.14. The van der Waals surface area contributed by atoms with Gasteiger partial charge in [0.15, 0.2) is 0 Å². The minimum absolute atomic E-state index is 1.29. The molecule has 0 aliphatic rings. The van der Waals surface area contributed by atoms with E-state index in [-0.39, 0.29) is 0 Å². The first kappa shape index (κ1) is 11.1. The molecule has 0 radical (unpaired) electrons. The van der Waals surface area contributed by atoms with Crippen molar-refractivity contribution in [2.24, 2.45) is 7.05 Å². The molecule has 1 nitrogen and oxygen atoms in total. The molecule has 3 aromatic rings. The van der Waals surface area contributed by atoms with Crippen molar-refractivity contribution in [1.29, 1.82) is 0 Å². The van der Waals surface area contributed by atoms with Crippen LogP contribution in [0.15, 0.2) is 48.5 Å². The molecule has 0 amide bonds. The molecule has 1 heteroatoms. The molecule has 0 atom stereocenters. The van der Waals surface area contributed by atoms with Gasteiger partial charge in [-0.2, -0.15) is 0 Å². The van der Waals surface area contributed by atoms with Gasteiger partial charge in [-0.3, -0.25) is 0 Å². The zero-order valence-corrected chi connectivity index (χ0v) is 11.1. The third-order valence-electron chi connectivity index (χ3n) is 3.69. The van der Waals surface area contributed by atoms with E-state index in [0.29, 0.717) is 0 Å². The Labute approximate surface area is 108 Å². The first-order valence-electron chi connectivity index (χ1n) is 6.29. The number of benzene rings is 2. The van der Waals surface area contributed by atoms with Crippen LogP contribution in [0.3, 0.4) is 0 Å². The third kappa shape index (κ3) is 1.55. The van der Waals surface area contributed by atoms with Gasteiger partial charge in [0.2, 0.25) is 0 Å². The summed E-state index contributed by atoms with van der Waals surface area (Å²) in [4.78, 5) is 0. The Hall–Kier alpha value is -2.02. The fourth-order valence-electron chi connectivity index (χ4n) is 2.70. The van der Waals surface area contributed by atoms with Crippen LogP contribution in [0.25, 0.3) is 22.2 Å². The van der Waals surface area contributed by atoms with Crippen molar-refractivity contribution in [2.45, 2.75) is 13.8 Å². The number of nitrogens with zero attached hydrogens (tertiary/aromatic N) is 1. The highest BCUT2D eigenvalue weighted by Gasteiger charge is 2.12. The van der Waals surface area contributed by atoms with Crippen LogP contribution in [0.4, 0.5) is 0 Å². The molecule has 0 aliphatic carbocycles. The topological polar surface area (TPSA) is 4.93 Å². The smallest absolute Gasteiger partial charge is 0.0518 e. The molecule has 18 heavy (non-hydrogen) atoms. The van der Waals surface area contributed by atoms with Crippen LogP contribution in [-0.4, -0.2) is 4.57 Å². The van der Waals surface area contributed by atoms with E-state index in [1.165, 1.54) is 33.3 Å². The van der Waals surface area contributed by atoms with Crippen LogP contribution >= 0.6 is 0 Å². The molecule has 1 aromatic heterocycles. The van der Waals surface area contributed by atoms with Crippen molar-refractivity contribution in [3.63, 3.8) is 0 Å². The predicted molar refractivity (Wildman–Crippen MR) is 77.8 cm³/mol. The number of hydrogen-bond acceptors (Lipinski definition) is 0. The highest BCUT2D eigenvalue weighted by atomic mass is 14.9. The van der Waals surface area contributed by atoms with Crippen LogP contribution < -0.4 is 0 Å². The Kier molecular flexibility index (Phi) is 2.48. The Balaban J connectivity index is 2.32. The molecule has 0 bridgehead atoms. The number of aromatic nitrogens is 1. The third-order valence-corrected chi connectivity index (χ3v) is 3.69. The normalized spacial score (nSPS) is 11.1. The van der Waals surface area contributed by atoms with Gasteiger partial charge < -0.3 is 4.57 Å². The molecule has 0 saturated carbocycles. The minimum atomic E-state index is 1.29. The number of hydrogen-bond donors (Lipinski definition) is 0. The number of rotatable bonds is 1. The van der Waals surface area contributed by atoms with Crippen LogP contribution in [0.5, 0.6) is 0 Å². The maximum atomic E-state index is 2.29. The van der Waals surface area contributed by atoms with Crippen molar-refractivity contribution in [3.05, 3.63) is 59.7 Å². The second-order valence-electron chi connectivity index (χ2n) is 4.92. The fraction of sp³-hybridized carbons (Fsp3) is 0.176. The average molecular weight is 235 g/mol. The van der Waals surface area contributed by atoms with E-state index in [1.54, 1.807) is 0 Å². The highest BCUT2D eigenvalue weighted by molar-refractivity contribution is 5.91. The van der Waals surface area contributed by atoms with Gasteiger partial charge in [0.05, 0.1) is 5.69 Å². The van der Waals surface area contributed by atoms with E-state index in [0.717, 1.165) is 0 Å². The summed E-state index contributed by atoms with van der Waals surface area (Å²) in [5, 5.41) is 1.34. The molecular formula is C17H17N. The van der Waals surface area contributed by atoms with Gasteiger partial charge in [-0.15, -0.1) is 0 Å². The van der Waals surface area contributed by atoms with Crippen LogP contribution in [0.1, 0.15) is 11.1 Å². The minimum Gasteiger partial charge on any atom is -0.343 e. The Bertz CT molecular complexity index is 663.